The molecule has 2 aliphatic rings. The summed E-state index contributed by atoms with van der Waals surface area (Å²) < 4.78 is 2.13. The number of rotatable bonds is 4. The molecule has 1 aliphatic carbocycles. The van der Waals surface area contributed by atoms with Crippen LogP contribution in [-0.2, 0) is 0 Å². The Morgan fingerprint density at radius 3 is 3.05 bits per heavy atom. The number of carbonyl (C=O) groups excluding carboxylic acids is 1. The minimum absolute atomic E-state index is 0.0522. The van der Waals surface area contributed by atoms with Gasteiger partial charge in [-0.1, -0.05) is 11.6 Å². The molecule has 0 unspecified atom stereocenters. The fourth-order valence-electron chi connectivity index (χ4n) is 2.68. The summed E-state index contributed by atoms with van der Waals surface area (Å²) in [6, 6.07) is 4.43. The Morgan fingerprint density at radius 2 is 2.37 bits per heavy atom. The maximum absolute atomic E-state index is 12.2. The Hall–Kier alpha value is -1.55. The van der Waals surface area contributed by atoms with Crippen molar-refractivity contribution in [3.63, 3.8) is 0 Å². The summed E-state index contributed by atoms with van der Waals surface area (Å²) in [6.45, 7) is 2.61. The molecule has 1 aromatic rings. The van der Waals surface area contributed by atoms with Crippen LogP contribution in [0.2, 0.25) is 0 Å². The van der Waals surface area contributed by atoms with Crippen molar-refractivity contribution in [2.45, 2.75) is 31.7 Å². The lowest BCUT2D eigenvalue weighted by molar-refractivity contribution is 0.0941. The number of hydrogen-bond acceptors (Lipinski definition) is 2. The predicted octanol–water partition coefficient (Wildman–Crippen LogP) is 1.86. The van der Waals surface area contributed by atoms with Crippen LogP contribution >= 0.6 is 0 Å². The van der Waals surface area contributed by atoms with Gasteiger partial charge in [-0.3, -0.25) is 4.79 Å². The highest BCUT2D eigenvalue weighted by atomic mass is 16.1. The minimum atomic E-state index is 0.0522. The molecule has 4 heteroatoms. The SMILES string of the molecule is O=C(NCC1=CCNCC1)c1cccn1C1CCC1. The van der Waals surface area contributed by atoms with Crippen LogP contribution in [0.3, 0.4) is 0 Å². The summed E-state index contributed by atoms with van der Waals surface area (Å²) in [6.07, 6.45) is 8.92. The normalized spacial score (nSPS) is 19.7. The van der Waals surface area contributed by atoms with Crippen molar-refractivity contribution in [1.82, 2.24) is 15.2 Å². The van der Waals surface area contributed by atoms with Gasteiger partial charge in [0.1, 0.15) is 5.69 Å². The van der Waals surface area contributed by atoms with Crippen LogP contribution in [0.5, 0.6) is 0 Å². The average molecular weight is 259 g/mol. The summed E-state index contributed by atoms with van der Waals surface area (Å²) in [5.74, 6) is 0.0522. The molecule has 1 amide bonds. The second-order valence-corrected chi connectivity index (χ2v) is 5.38. The van der Waals surface area contributed by atoms with E-state index in [1.54, 1.807) is 0 Å². The highest BCUT2D eigenvalue weighted by molar-refractivity contribution is 5.92. The molecule has 4 nitrogen and oxygen atoms in total. The fourth-order valence-corrected chi connectivity index (χ4v) is 2.68. The van der Waals surface area contributed by atoms with E-state index in [4.69, 9.17) is 0 Å². The number of carbonyl (C=O) groups is 1. The van der Waals surface area contributed by atoms with Gasteiger partial charge in [-0.15, -0.1) is 0 Å². The predicted molar refractivity (Wildman–Crippen MR) is 75.2 cm³/mol. The van der Waals surface area contributed by atoms with Crippen LogP contribution in [0.25, 0.3) is 0 Å². The lowest BCUT2D eigenvalue weighted by atomic mass is 9.93. The molecule has 19 heavy (non-hydrogen) atoms. The van der Waals surface area contributed by atoms with Crippen molar-refractivity contribution < 1.29 is 4.79 Å². The van der Waals surface area contributed by atoms with E-state index >= 15 is 0 Å². The zero-order chi connectivity index (χ0) is 13.1. The van der Waals surface area contributed by atoms with Crippen molar-refractivity contribution in [1.29, 1.82) is 0 Å². The molecule has 3 rings (SSSR count). The third-order valence-electron chi connectivity index (χ3n) is 4.11. The van der Waals surface area contributed by atoms with Gasteiger partial charge in [0, 0.05) is 25.3 Å². The van der Waals surface area contributed by atoms with E-state index in [0.29, 0.717) is 12.6 Å². The van der Waals surface area contributed by atoms with E-state index in [2.05, 4.69) is 21.3 Å². The van der Waals surface area contributed by atoms with Gasteiger partial charge in [0.25, 0.3) is 5.91 Å². The molecule has 0 aromatic carbocycles. The lowest BCUT2D eigenvalue weighted by Crippen LogP contribution is -2.32. The fraction of sp³-hybridized carbons (Fsp3) is 0.533. The van der Waals surface area contributed by atoms with Crippen molar-refractivity contribution in [2.24, 2.45) is 0 Å². The number of hydrogen-bond donors (Lipinski definition) is 2. The largest absolute Gasteiger partial charge is 0.347 e. The zero-order valence-electron chi connectivity index (χ0n) is 11.2. The Bertz CT molecular complexity index is 485. The molecule has 0 atom stereocenters. The molecule has 2 heterocycles. The van der Waals surface area contributed by atoms with Gasteiger partial charge in [0.05, 0.1) is 0 Å². The van der Waals surface area contributed by atoms with Crippen molar-refractivity contribution in [3.05, 3.63) is 35.7 Å². The van der Waals surface area contributed by atoms with E-state index in [1.807, 2.05) is 18.3 Å². The summed E-state index contributed by atoms with van der Waals surface area (Å²) >= 11 is 0. The Balaban J connectivity index is 1.60. The first-order valence-corrected chi connectivity index (χ1v) is 7.18. The van der Waals surface area contributed by atoms with Crippen LogP contribution in [-0.4, -0.2) is 30.1 Å². The van der Waals surface area contributed by atoms with E-state index in [-0.39, 0.29) is 5.91 Å². The molecular weight excluding hydrogens is 238 g/mol. The van der Waals surface area contributed by atoms with Crippen molar-refractivity contribution >= 4 is 5.91 Å². The van der Waals surface area contributed by atoms with E-state index in [9.17, 15) is 4.79 Å². The summed E-state index contributed by atoms with van der Waals surface area (Å²) in [7, 11) is 0. The van der Waals surface area contributed by atoms with Gasteiger partial charge in [-0.25, -0.2) is 0 Å². The number of amides is 1. The van der Waals surface area contributed by atoms with Crippen LogP contribution < -0.4 is 10.6 Å². The third-order valence-corrected chi connectivity index (χ3v) is 4.11. The highest BCUT2D eigenvalue weighted by Gasteiger charge is 2.23. The van der Waals surface area contributed by atoms with Gasteiger partial charge in [0.2, 0.25) is 0 Å². The molecule has 102 valence electrons. The number of nitrogens with zero attached hydrogens (tertiary/aromatic N) is 1. The monoisotopic (exact) mass is 259 g/mol. The van der Waals surface area contributed by atoms with Crippen LogP contribution in [0.1, 0.15) is 42.2 Å². The van der Waals surface area contributed by atoms with Crippen molar-refractivity contribution in [2.75, 3.05) is 19.6 Å². The molecule has 0 saturated heterocycles. The second-order valence-electron chi connectivity index (χ2n) is 5.38. The summed E-state index contributed by atoms with van der Waals surface area (Å²) in [5.41, 5.74) is 2.13. The van der Waals surface area contributed by atoms with Crippen LogP contribution in [0.4, 0.5) is 0 Å². The molecule has 0 radical (unpaired) electrons. The Kier molecular flexibility index (Phi) is 3.69. The van der Waals surface area contributed by atoms with Crippen LogP contribution in [0, 0.1) is 0 Å². The molecule has 2 N–H and O–H groups in total. The lowest BCUT2D eigenvalue weighted by Gasteiger charge is -2.28. The number of aromatic nitrogens is 1. The maximum atomic E-state index is 12.2. The molecule has 1 aliphatic heterocycles. The molecular formula is C15H21N3O. The van der Waals surface area contributed by atoms with E-state index in [1.165, 1.54) is 24.8 Å². The Morgan fingerprint density at radius 1 is 1.47 bits per heavy atom. The van der Waals surface area contributed by atoms with Crippen LogP contribution in [0.15, 0.2) is 30.0 Å². The molecule has 1 aromatic heterocycles. The summed E-state index contributed by atoms with van der Waals surface area (Å²) in [4.78, 5) is 12.2. The van der Waals surface area contributed by atoms with E-state index < -0.39 is 0 Å². The average Bonchev–Trinajstić information content (AvgIpc) is 2.84. The first-order valence-electron chi connectivity index (χ1n) is 7.18. The second kappa shape index (κ2) is 5.61. The third kappa shape index (κ3) is 2.73. The van der Waals surface area contributed by atoms with Gasteiger partial charge < -0.3 is 15.2 Å². The standard InChI is InChI=1S/C15H21N3O/c19-15(17-11-12-6-8-16-9-7-12)14-5-2-10-18(14)13-3-1-4-13/h2,5-6,10,13,16H,1,3-4,7-9,11H2,(H,17,19). The highest BCUT2D eigenvalue weighted by Crippen LogP contribution is 2.32. The van der Waals surface area contributed by atoms with Gasteiger partial charge in [0.15, 0.2) is 0 Å². The molecule has 1 saturated carbocycles. The minimum Gasteiger partial charge on any atom is -0.347 e. The molecule has 1 fully saturated rings. The number of nitrogens with one attached hydrogen (secondary N) is 2. The topological polar surface area (TPSA) is 46.1 Å². The maximum Gasteiger partial charge on any atom is 0.268 e. The smallest absolute Gasteiger partial charge is 0.268 e. The first kappa shape index (κ1) is 12.5. The van der Waals surface area contributed by atoms with Gasteiger partial charge in [-0.05, 0) is 44.4 Å². The molecule has 0 spiro atoms. The van der Waals surface area contributed by atoms with Gasteiger partial charge >= 0.3 is 0 Å². The summed E-state index contributed by atoms with van der Waals surface area (Å²) in [5, 5.41) is 6.32. The quantitative estimate of drug-likeness (QED) is 0.811. The van der Waals surface area contributed by atoms with E-state index in [0.717, 1.165) is 25.2 Å². The Labute approximate surface area is 113 Å². The molecule has 0 bridgehead atoms. The first-order chi connectivity index (χ1) is 9.34. The zero-order valence-corrected chi connectivity index (χ0v) is 11.2. The van der Waals surface area contributed by atoms with Crippen molar-refractivity contribution in [3.8, 4) is 0 Å². The van der Waals surface area contributed by atoms with Gasteiger partial charge in [-0.2, -0.15) is 0 Å².